The average molecular weight is 425 g/mol. The summed E-state index contributed by atoms with van der Waals surface area (Å²) in [5.74, 6) is 0.344. The maximum absolute atomic E-state index is 12.3. The molecule has 1 unspecified atom stereocenters. The number of aliphatic imine (C=N–C) groups is 1. The van der Waals surface area contributed by atoms with Crippen LogP contribution in [0, 0.1) is 0 Å². The third-order valence-corrected chi connectivity index (χ3v) is 5.09. The summed E-state index contributed by atoms with van der Waals surface area (Å²) in [7, 11) is 1.48. The number of phenolic OH excluding ortho intramolecular Hbond substituents is 1. The van der Waals surface area contributed by atoms with Crippen LogP contribution in [0.25, 0.3) is 0 Å². The number of cyclic esters (lactones) is 1. The highest BCUT2D eigenvalue weighted by Crippen LogP contribution is 2.27. The van der Waals surface area contributed by atoms with Gasteiger partial charge in [0, 0.05) is 24.1 Å². The number of nitrogens with zero attached hydrogens (tertiary/aromatic N) is 3. The molecule has 2 heterocycles. The Kier molecular flexibility index (Phi) is 6.03. The van der Waals surface area contributed by atoms with E-state index in [0.29, 0.717) is 43.2 Å². The second-order valence-corrected chi connectivity index (χ2v) is 7.16. The maximum atomic E-state index is 12.3. The molecule has 2 aromatic carbocycles. The van der Waals surface area contributed by atoms with Gasteiger partial charge < -0.3 is 24.2 Å². The number of hydrogen-bond donors (Lipinski definition) is 1. The summed E-state index contributed by atoms with van der Waals surface area (Å²) in [4.78, 5) is 31.8. The van der Waals surface area contributed by atoms with Gasteiger partial charge in [-0.2, -0.15) is 0 Å². The van der Waals surface area contributed by atoms with Gasteiger partial charge in [-0.05, 0) is 48.0 Å². The first kappa shape index (κ1) is 20.7. The van der Waals surface area contributed by atoms with E-state index in [2.05, 4.69) is 4.99 Å². The molecule has 0 aromatic heterocycles. The minimum atomic E-state index is -0.433. The highest BCUT2D eigenvalue weighted by Gasteiger charge is 2.32. The molecule has 4 rings (SSSR count). The second-order valence-electron chi connectivity index (χ2n) is 7.16. The first-order chi connectivity index (χ1) is 15.0. The number of anilines is 2. The predicted octanol–water partition coefficient (Wildman–Crippen LogP) is 2.21. The highest BCUT2D eigenvalue weighted by molar-refractivity contribution is 5.95. The molecule has 162 valence electrons. The fourth-order valence-corrected chi connectivity index (χ4v) is 3.49. The van der Waals surface area contributed by atoms with Gasteiger partial charge in [-0.1, -0.05) is 0 Å². The molecule has 1 N–H and O–H groups in total. The SMILES string of the molecule is COc1ccc(C=NCC2CN(c3ccc(N4CCOCC4=O)cc3)C(=O)O2)cc1O. The van der Waals surface area contributed by atoms with E-state index in [0.717, 1.165) is 5.69 Å². The average Bonchev–Trinajstić information content (AvgIpc) is 3.15. The van der Waals surface area contributed by atoms with Gasteiger partial charge in [0.05, 0.1) is 26.8 Å². The van der Waals surface area contributed by atoms with E-state index in [1.54, 1.807) is 46.3 Å². The van der Waals surface area contributed by atoms with E-state index in [1.165, 1.54) is 7.11 Å². The van der Waals surface area contributed by atoms with Crippen LogP contribution in [0.2, 0.25) is 0 Å². The molecule has 0 radical (unpaired) electrons. The van der Waals surface area contributed by atoms with Crippen molar-refractivity contribution in [1.29, 1.82) is 0 Å². The van der Waals surface area contributed by atoms with Crippen molar-refractivity contribution < 1.29 is 28.9 Å². The van der Waals surface area contributed by atoms with Gasteiger partial charge in [-0.25, -0.2) is 4.79 Å². The van der Waals surface area contributed by atoms with E-state index in [1.807, 2.05) is 12.1 Å². The molecule has 2 aromatic rings. The van der Waals surface area contributed by atoms with Crippen molar-refractivity contribution in [3.63, 3.8) is 0 Å². The van der Waals surface area contributed by atoms with Gasteiger partial charge in [0.15, 0.2) is 11.5 Å². The van der Waals surface area contributed by atoms with Crippen molar-refractivity contribution in [3.05, 3.63) is 48.0 Å². The summed E-state index contributed by atoms with van der Waals surface area (Å²) >= 11 is 0. The van der Waals surface area contributed by atoms with Crippen LogP contribution in [-0.4, -0.2) is 69.4 Å². The minimum absolute atomic E-state index is 0.0344. The van der Waals surface area contributed by atoms with Crippen LogP contribution in [0.5, 0.6) is 11.5 Å². The number of aromatic hydroxyl groups is 1. The Morgan fingerprint density at radius 2 is 1.90 bits per heavy atom. The number of ether oxygens (including phenoxy) is 3. The molecule has 2 saturated heterocycles. The molecule has 1 atom stereocenters. The molecular formula is C22H23N3O6. The van der Waals surface area contributed by atoms with E-state index in [9.17, 15) is 14.7 Å². The van der Waals surface area contributed by atoms with Crippen molar-refractivity contribution >= 4 is 29.6 Å². The summed E-state index contributed by atoms with van der Waals surface area (Å²) < 4.78 is 15.6. The van der Waals surface area contributed by atoms with Gasteiger partial charge in [-0.15, -0.1) is 0 Å². The first-order valence-corrected chi connectivity index (χ1v) is 9.88. The third kappa shape index (κ3) is 4.61. The van der Waals surface area contributed by atoms with Crippen molar-refractivity contribution in [2.75, 3.05) is 49.8 Å². The van der Waals surface area contributed by atoms with Crippen LogP contribution in [0.3, 0.4) is 0 Å². The largest absolute Gasteiger partial charge is 0.504 e. The molecule has 0 saturated carbocycles. The number of benzene rings is 2. The van der Waals surface area contributed by atoms with Gasteiger partial charge >= 0.3 is 6.09 Å². The molecule has 31 heavy (non-hydrogen) atoms. The first-order valence-electron chi connectivity index (χ1n) is 9.88. The van der Waals surface area contributed by atoms with Crippen molar-refractivity contribution in [3.8, 4) is 11.5 Å². The summed E-state index contributed by atoms with van der Waals surface area (Å²) in [6.45, 7) is 1.77. The lowest BCUT2D eigenvalue weighted by molar-refractivity contribution is -0.125. The molecule has 0 spiro atoms. The van der Waals surface area contributed by atoms with Gasteiger partial charge in [-0.3, -0.25) is 14.7 Å². The van der Waals surface area contributed by atoms with Crippen molar-refractivity contribution in [2.24, 2.45) is 4.99 Å². The van der Waals surface area contributed by atoms with E-state index >= 15 is 0 Å². The fourth-order valence-electron chi connectivity index (χ4n) is 3.49. The Bertz CT molecular complexity index is 991. The quantitative estimate of drug-likeness (QED) is 0.713. The zero-order chi connectivity index (χ0) is 21.8. The number of morpholine rings is 1. The van der Waals surface area contributed by atoms with E-state index in [-0.39, 0.29) is 24.4 Å². The molecular weight excluding hydrogens is 402 g/mol. The number of carbonyl (C=O) groups is 2. The van der Waals surface area contributed by atoms with Crippen LogP contribution in [0.4, 0.5) is 16.2 Å². The smallest absolute Gasteiger partial charge is 0.414 e. The lowest BCUT2D eigenvalue weighted by atomic mass is 10.2. The Labute approximate surface area is 179 Å². The van der Waals surface area contributed by atoms with Crippen LogP contribution < -0.4 is 14.5 Å². The Balaban J connectivity index is 1.35. The summed E-state index contributed by atoms with van der Waals surface area (Å²) in [6.07, 6.45) is 0.803. The number of amides is 2. The third-order valence-electron chi connectivity index (χ3n) is 5.09. The van der Waals surface area contributed by atoms with Crippen LogP contribution in [0.1, 0.15) is 5.56 Å². The molecule has 2 amide bonds. The highest BCUT2D eigenvalue weighted by atomic mass is 16.6. The fraction of sp³-hybridized carbons (Fsp3) is 0.318. The van der Waals surface area contributed by atoms with E-state index in [4.69, 9.17) is 14.2 Å². The number of carbonyl (C=O) groups excluding carboxylic acids is 2. The van der Waals surface area contributed by atoms with Crippen molar-refractivity contribution in [1.82, 2.24) is 0 Å². The zero-order valence-corrected chi connectivity index (χ0v) is 17.1. The predicted molar refractivity (Wildman–Crippen MR) is 114 cm³/mol. The Morgan fingerprint density at radius 1 is 1.16 bits per heavy atom. The topological polar surface area (TPSA) is 101 Å². The number of phenols is 1. The number of hydrogen-bond acceptors (Lipinski definition) is 7. The molecule has 2 aliphatic heterocycles. The van der Waals surface area contributed by atoms with Gasteiger partial charge in [0.2, 0.25) is 0 Å². The molecule has 9 nitrogen and oxygen atoms in total. The summed E-state index contributed by atoms with van der Waals surface area (Å²) in [5, 5.41) is 9.82. The minimum Gasteiger partial charge on any atom is -0.504 e. The van der Waals surface area contributed by atoms with Gasteiger partial charge in [0.25, 0.3) is 5.91 Å². The summed E-state index contributed by atoms with van der Waals surface area (Å²) in [6, 6.07) is 12.2. The molecule has 2 aliphatic rings. The monoisotopic (exact) mass is 425 g/mol. The zero-order valence-electron chi connectivity index (χ0n) is 17.1. The second kappa shape index (κ2) is 9.05. The molecule has 0 bridgehead atoms. The number of methoxy groups -OCH3 is 1. The lowest BCUT2D eigenvalue weighted by Gasteiger charge is -2.27. The van der Waals surface area contributed by atoms with Crippen molar-refractivity contribution in [2.45, 2.75) is 6.10 Å². The van der Waals surface area contributed by atoms with Gasteiger partial charge in [0.1, 0.15) is 12.7 Å². The Hall–Kier alpha value is -3.59. The normalized spacial score (nSPS) is 19.2. The standard InChI is InChI=1S/C22H23N3O6/c1-29-20-7-2-15(10-19(20)26)11-23-12-18-13-25(22(28)31-18)17-5-3-16(4-6-17)24-8-9-30-14-21(24)27/h2-7,10-11,18,26H,8-9,12-14H2,1H3. The molecule has 0 aliphatic carbocycles. The Morgan fingerprint density at radius 3 is 2.58 bits per heavy atom. The van der Waals surface area contributed by atoms with Crippen LogP contribution in [-0.2, 0) is 14.3 Å². The summed E-state index contributed by atoms with van der Waals surface area (Å²) in [5.41, 5.74) is 2.18. The van der Waals surface area contributed by atoms with Crippen LogP contribution in [0.15, 0.2) is 47.5 Å². The lowest BCUT2D eigenvalue weighted by Crippen LogP contribution is -2.41. The van der Waals surface area contributed by atoms with E-state index < -0.39 is 6.09 Å². The maximum Gasteiger partial charge on any atom is 0.414 e. The van der Waals surface area contributed by atoms with Crippen LogP contribution >= 0.6 is 0 Å². The molecule has 9 heteroatoms. The number of rotatable bonds is 6. The molecule has 2 fully saturated rings.